The summed E-state index contributed by atoms with van der Waals surface area (Å²) in [6, 6.07) is 14.1. The molecule has 0 aliphatic heterocycles. The largest absolute Gasteiger partial charge is 0.416 e. The van der Waals surface area contributed by atoms with Crippen molar-refractivity contribution >= 4 is 10.8 Å². The van der Waals surface area contributed by atoms with Gasteiger partial charge in [-0.3, -0.25) is 4.98 Å². The van der Waals surface area contributed by atoms with Crippen LogP contribution in [0.3, 0.4) is 0 Å². The minimum Gasteiger partial charge on any atom is -0.256 e. The summed E-state index contributed by atoms with van der Waals surface area (Å²) in [5.41, 5.74) is -5.90. The minimum atomic E-state index is -5.04. The van der Waals surface area contributed by atoms with Gasteiger partial charge in [-0.15, -0.1) is 0 Å². The van der Waals surface area contributed by atoms with Crippen LogP contribution in [-0.4, -0.2) is 4.98 Å². The van der Waals surface area contributed by atoms with Crippen molar-refractivity contribution in [3.8, 4) is 33.5 Å². The highest BCUT2D eigenvalue weighted by Gasteiger charge is 2.38. The Morgan fingerprint density at radius 1 is 0.341 bits per heavy atom. The van der Waals surface area contributed by atoms with E-state index in [-0.39, 0.29) is 29.0 Å². The van der Waals surface area contributed by atoms with Gasteiger partial charge >= 0.3 is 24.7 Å². The molecule has 5 rings (SSSR count). The molecule has 1 nitrogen and oxygen atoms in total. The van der Waals surface area contributed by atoms with Crippen molar-refractivity contribution in [3.05, 3.63) is 113 Å². The molecule has 0 saturated heterocycles. The number of pyridine rings is 1. The molecule has 0 N–H and O–H groups in total. The number of halogens is 12. The molecular weight excluding hydrogens is 614 g/mol. The van der Waals surface area contributed by atoms with Gasteiger partial charge in [0.1, 0.15) is 0 Å². The van der Waals surface area contributed by atoms with Crippen molar-refractivity contribution < 1.29 is 52.7 Å². The molecule has 0 spiro atoms. The predicted molar refractivity (Wildman–Crippen MR) is 138 cm³/mol. The Kier molecular flexibility index (Phi) is 7.42. The molecule has 0 atom stereocenters. The van der Waals surface area contributed by atoms with Crippen molar-refractivity contribution in [3.63, 3.8) is 0 Å². The molecule has 44 heavy (non-hydrogen) atoms. The second kappa shape index (κ2) is 10.6. The molecule has 0 aliphatic carbocycles. The van der Waals surface area contributed by atoms with Gasteiger partial charge in [0.2, 0.25) is 0 Å². The maximum atomic E-state index is 13.4. The summed E-state index contributed by atoms with van der Waals surface area (Å²) in [6.07, 6.45) is -18.9. The van der Waals surface area contributed by atoms with Gasteiger partial charge in [0.15, 0.2) is 0 Å². The molecule has 1 heterocycles. The molecule has 0 fully saturated rings. The Morgan fingerprint density at radius 2 is 0.727 bits per heavy atom. The first-order valence-electron chi connectivity index (χ1n) is 12.4. The fourth-order valence-corrected chi connectivity index (χ4v) is 4.57. The van der Waals surface area contributed by atoms with E-state index in [0.29, 0.717) is 46.2 Å². The predicted octanol–water partition coefficient (Wildman–Crippen LogP) is 11.3. The van der Waals surface area contributed by atoms with Gasteiger partial charge in [0.25, 0.3) is 0 Å². The van der Waals surface area contributed by atoms with Crippen molar-refractivity contribution in [1.82, 2.24) is 4.98 Å². The smallest absolute Gasteiger partial charge is 0.256 e. The zero-order valence-corrected chi connectivity index (χ0v) is 21.6. The molecule has 0 unspecified atom stereocenters. The number of benzene rings is 4. The third-order valence-corrected chi connectivity index (χ3v) is 6.74. The van der Waals surface area contributed by atoms with E-state index < -0.39 is 52.5 Å². The summed E-state index contributed by atoms with van der Waals surface area (Å²) in [7, 11) is 0. The molecule has 0 saturated carbocycles. The Morgan fingerprint density at radius 3 is 1.11 bits per heavy atom. The second-order valence-corrected chi connectivity index (χ2v) is 9.80. The Labute approximate surface area is 240 Å². The lowest BCUT2D eigenvalue weighted by Crippen LogP contribution is -2.11. The van der Waals surface area contributed by atoms with Gasteiger partial charge in [-0.2, -0.15) is 52.7 Å². The number of hydrogen-bond donors (Lipinski definition) is 0. The Balaban J connectivity index is 1.53. The van der Waals surface area contributed by atoms with Crippen molar-refractivity contribution in [2.24, 2.45) is 0 Å². The number of aromatic nitrogens is 1. The van der Waals surface area contributed by atoms with Gasteiger partial charge in [0, 0.05) is 17.3 Å². The average Bonchev–Trinajstić information content (AvgIpc) is 2.94. The third-order valence-electron chi connectivity index (χ3n) is 6.74. The van der Waals surface area contributed by atoms with Gasteiger partial charge in [-0.25, -0.2) is 0 Å². The molecule has 0 amide bonds. The zero-order chi connectivity index (χ0) is 32.2. The topological polar surface area (TPSA) is 12.9 Å². The number of fused-ring (bicyclic) bond motifs is 1. The van der Waals surface area contributed by atoms with Crippen LogP contribution < -0.4 is 0 Å². The van der Waals surface area contributed by atoms with E-state index in [1.54, 1.807) is 18.2 Å². The molecular formula is C31H15F12N. The molecule has 0 bridgehead atoms. The summed E-state index contributed by atoms with van der Waals surface area (Å²) in [5, 5.41) is 1.02. The summed E-state index contributed by atoms with van der Waals surface area (Å²) in [4.78, 5) is 4.03. The first kappa shape index (κ1) is 30.9. The summed E-state index contributed by atoms with van der Waals surface area (Å²) in [6.45, 7) is 0. The van der Waals surface area contributed by atoms with Crippen molar-refractivity contribution in [2.75, 3.05) is 0 Å². The first-order valence-corrected chi connectivity index (χ1v) is 12.4. The quantitative estimate of drug-likeness (QED) is 0.181. The number of rotatable bonds is 3. The second-order valence-electron chi connectivity index (χ2n) is 9.80. The third kappa shape index (κ3) is 6.51. The fraction of sp³-hybridized carbons (Fsp3) is 0.129. The van der Waals surface area contributed by atoms with E-state index in [4.69, 9.17) is 0 Å². The molecule has 1 aromatic heterocycles. The van der Waals surface area contributed by atoms with Crippen LogP contribution in [0, 0.1) is 0 Å². The maximum absolute atomic E-state index is 13.4. The van der Waals surface area contributed by atoms with E-state index >= 15 is 0 Å². The van der Waals surface area contributed by atoms with E-state index in [0.717, 1.165) is 0 Å². The SMILES string of the molecule is FC(F)(F)c1cc(-c2ccc3ccc(-c4ccc(-c5cc(C(F)(F)F)cc(C(F)(F)F)c5)nc4)cc3c2)cc(C(F)(F)F)c1. The lowest BCUT2D eigenvalue weighted by molar-refractivity contribution is -0.144. The van der Waals surface area contributed by atoms with E-state index in [1.165, 1.54) is 36.5 Å². The van der Waals surface area contributed by atoms with Crippen LogP contribution in [0.4, 0.5) is 52.7 Å². The summed E-state index contributed by atoms with van der Waals surface area (Å²) >= 11 is 0. The molecule has 228 valence electrons. The normalized spacial score (nSPS) is 13.0. The highest BCUT2D eigenvalue weighted by Crippen LogP contribution is 2.41. The van der Waals surface area contributed by atoms with Crippen LogP contribution in [0.2, 0.25) is 0 Å². The molecule has 0 radical (unpaired) electrons. The average molecular weight is 629 g/mol. The van der Waals surface area contributed by atoms with Gasteiger partial charge < -0.3 is 0 Å². The maximum Gasteiger partial charge on any atom is 0.416 e. The van der Waals surface area contributed by atoms with Crippen LogP contribution in [0.15, 0.2) is 91.1 Å². The van der Waals surface area contributed by atoms with Crippen LogP contribution in [0.25, 0.3) is 44.3 Å². The monoisotopic (exact) mass is 629 g/mol. The lowest BCUT2D eigenvalue weighted by Gasteiger charge is -2.15. The van der Waals surface area contributed by atoms with Crippen molar-refractivity contribution in [2.45, 2.75) is 24.7 Å². The van der Waals surface area contributed by atoms with E-state index in [2.05, 4.69) is 4.98 Å². The highest BCUT2D eigenvalue weighted by atomic mass is 19.4. The summed E-state index contributed by atoms with van der Waals surface area (Å²) in [5.74, 6) is 0. The van der Waals surface area contributed by atoms with Crippen LogP contribution in [0.1, 0.15) is 22.3 Å². The van der Waals surface area contributed by atoms with Crippen LogP contribution >= 0.6 is 0 Å². The van der Waals surface area contributed by atoms with E-state index in [9.17, 15) is 52.7 Å². The molecule has 13 heteroatoms. The van der Waals surface area contributed by atoms with Gasteiger partial charge in [-0.05, 0) is 82.1 Å². The molecule has 5 aromatic rings. The first-order chi connectivity index (χ1) is 20.3. The highest BCUT2D eigenvalue weighted by molar-refractivity contribution is 5.91. The van der Waals surface area contributed by atoms with Gasteiger partial charge in [-0.1, -0.05) is 30.3 Å². The van der Waals surface area contributed by atoms with Crippen LogP contribution in [-0.2, 0) is 24.7 Å². The molecule has 0 aliphatic rings. The number of hydrogen-bond acceptors (Lipinski definition) is 1. The van der Waals surface area contributed by atoms with Crippen molar-refractivity contribution in [1.29, 1.82) is 0 Å². The number of alkyl halides is 12. The lowest BCUT2D eigenvalue weighted by atomic mass is 9.95. The Hall–Kier alpha value is -4.55. The zero-order valence-electron chi connectivity index (χ0n) is 21.6. The Bertz CT molecular complexity index is 1780. The fourth-order valence-electron chi connectivity index (χ4n) is 4.57. The summed E-state index contributed by atoms with van der Waals surface area (Å²) < 4.78 is 160. The van der Waals surface area contributed by atoms with E-state index in [1.807, 2.05) is 0 Å². The van der Waals surface area contributed by atoms with Gasteiger partial charge in [0.05, 0.1) is 27.9 Å². The molecule has 4 aromatic carbocycles. The van der Waals surface area contributed by atoms with Crippen LogP contribution in [0.5, 0.6) is 0 Å². The number of nitrogens with zero attached hydrogens (tertiary/aromatic N) is 1. The standard InChI is InChI=1S/C31H15F12N/c32-28(33,34)23-9-21(10-24(13-23)29(35,36)37)18-4-2-16-1-3-17(7-20(16)8-18)19-5-6-27(44-15-19)22-11-25(30(38,39)40)14-26(12-22)31(41,42)43/h1-15H. The minimum absolute atomic E-state index is 0.00447.